The van der Waals surface area contributed by atoms with E-state index in [0.717, 1.165) is 41.1 Å². The van der Waals surface area contributed by atoms with E-state index >= 15 is 0 Å². The number of hydrogen-bond donors (Lipinski definition) is 4. The molecular formula is C18H21N7O. The summed E-state index contributed by atoms with van der Waals surface area (Å²) in [7, 11) is 1.91. The Labute approximate surface area is 151 Å². The SMILES string of the molecule is Cn1nc(-c2ccc(NC(=O)NCC3CNNC3)cc2)c2ncccc21. The van der Waals surface area contributed by atoms with Crippen molar-refractivity contribution in [3.63, 3.8) is 0 Å². The maximum absolute atomic E-state index is 12.0. The zero-order valence-corrected chi connectivity index (χ0v) is 14.5. The van der Waals surface area contributed by atoms with Crippen LogP contribution in [0, 0.1) is 5.92 Å². The normalized spacial score (nSPS) is 14.7. The fraction of sp³-hybridized carbons (Fsp3) is 0.278. The fourth-order valence-electron chi connectivity index (χ4n) is 3.06. The van der Waals surface area contributed by atoms with Gasteiger partial charge in [0.2, 0.25) is 0 Å². The molecule has 0 aliphatic carbocycles. The molecule has 0 unspecified atom stereocenters. The van der Waals surface area contributed by atoms with Crippen LogP contribution in [0.2, 0.25) is 0 Å². The van der Waals surface area contributed by atoms with Crippen LogP contribution in [0.5, 0.6) is 0 Å². The fourth-order valence-corrected chi connectivity index (χ4v) is 3.06. The molecule has 26 heavy (non-hydrogen) atoms. The molecule has 2 aromatic heterocycles. The molecule has 0 bridgehead atoms. The van der Waals surface area contributed by atoms with Crippen LogP contribution in [0.25, 0.3) is 22.3 Å². The molecule has 0 atom stereocenters. The van der Waals surface area contributed by atoms with Gasteiger partial charge in [0.05, 0.1) is 5.52 Å². The molecule has 3 heterocycles. The summed E-state index contributed by atoms with van der Waals surface area (Å²) in [6.45, 7) is 2.36. The van der Waals surface area contributed by atoms with Gasteiger partial charge in [0.25, 0.3) is 0 Å². The zero-order chi connectivity index (χ0) is 17.9. The van der Waals surface area contributed by atoms with E-state index in [1.165, 1.54) is 0 Å². The lowest BCUT2D eigenvalue weighted by molar-refractivity contribution is 0.250. The van der Waals surface area contributed by atoms with Gasteiger partial charge in [-0.05, 0) is 24.3 Å². The largest absolute Gasteiger partial charge is 0.337 e. The number of benzene rings is 1. The number of pyridine rings is 1. The van der Waals surface area contributed by atoms with Crippen molar-refractivity contribution in [2.24, 2.45) is 13.0 Å². The standard InChI is InChI=1S/C18H21N7O/c1-25-15-3-2-8-19-17(15)16(24-25)13-4-6-14(7-5-13)23-18(26)20-9-12-10-21-22-11-12/h2-8,12,21-22H,9-11H2,1H3,(H2,20,23,26). The number of carbonyl (C=O) groups excluding carboxylic acids is 1. The Bertz CT molecular complexity index is 913. The average Bonchev–Trinajstić information content (AvgIpc) is 3.29. The topological polar surface area (TPSA) is 95.9 Å². The predicted molar refractivity (Wildman–Crippen MR) is 100 cm³/mol. The van der Waals surface area contributed by atoms with Gasteiger partial charge >= 0.3 is 6.03 Å². The van der Waals surface area contributed by atoms with E-state index in [1.54, 1.807) is 6.20 Å². The number of aryl methyl sites for hydroxylation is 1. The van der Waals surface area contributed by atoms with Gasteiger partial charge in [0, 0.05) is 50.0 Å². The third-order valence-corrected chi connectivity index (χ3v) is 4.48. The first-order valence-corrected chi connectivity index (χ1v) is 8.59. The number of urea groups is 1. The van der Waals surface area contributed by atoms with Gasteiger partial charge in [-0.1, -0.05) is 12.1 Å². The van der Waals surface area contributed by atoms with Crippen molar-refractivity contribution in [1.29, 1.82) is 0 Å². The second-order valence-corrected chi connectivity index (χ2v) is 6.38. The first-order valence-electron chi connectivity index (χ1n) is 8.59. The lowest BCUT2D eigenvalue weighted by Crippen LogP contribution is -2.34. The van der Waals surface area contributed by atoms with Crippen molar-refractivity contribution in [3.8, 4) is 11.3 Å². The van der Waals surface area contributed by atoms with Crippen molar-refractivity contribution in [3.05, 3.63) is 42.6 Å². The van der Waals surface area contributed by atoms with Gasteiger partial charge in [-0.3, -0.25) is 20.5 Å². The smallest absolute Gasteiger partial charge is 0.319 e. The summed E-state index contributed by atoms with van der Waals surface area (Å²) in [6.07, 6.45) is 1.77. The summed E-state index contributed by atoms with van der Waals surface area (Å²) in [5.41, 5.74) is 10.5. The van der Waals surface area contributed by atoms with Crippen molar-refractivity contribution in [1.82, 2.24) is 30.9 Å². The minimum Gasteiger partial charge on any atom is -0.337 e. The molecule has 0 radical (unpaired) electrons. The lowest BCUT2D eigenvalue weighted by Gasteiger charge is -2.11. The molecule has 1 saturated heterocycles. The van der Waals surface area contributed by atoms with Gasteiger partial charge in [-0.15, -0.1) is 0 Å². The molecular weight excluding hydrogens is 330 g/mol. The third-order valence-electron chi connectivity index (χ3n) is 4.48. The van der Waals surface area contributed by atoms with Gasteiger partial charge in [0.15, 0.2) is 0 Å². The van der Waals surface area contributed by atoms with Crippen LogP contribution in [0.4, 0.5) is 10.5 Å². The summed E-state index contributed by atoms with van der Waals surface area (Å²) in [4.78, 5) is 16.5. The van der Waals surface area contributed by atoms with Crippen molar-refractivity contribution >= 4 is 22.8 Å². The number of hydrogen-bond acceptors (Lipinski definition) is 5. The molecule has 2 amide bonds. The summed E-state index contributed by atoms with van der Waals surface area (Å²) >= 11 is 0. The number of rotatable bonds is 4. The molecule has 1 fully saturated rings. The first-order chi connectivity index (χ1) is 12.7. The summed E-state index contributed by atoms with van der Waals surface area (Å²) in [5.74, 6) is 0.410. The van der Waals surface area contributed by atoms with E-state index < -0.39 is 0 Å². The molecule has 3 aromatic rings. The monoisotopic (exact) mass is 351 g/mol. The highest BCUT2D eigenvalue weighted by Crippen LogP contribution is 2.26. The average molecular weight is 351 g/mol. The van der Waals surface area contributed by atoms with Crippen molar-refractivity contribution in [2.75, 3.05) is 25.0 Å². The van der Waals surface area contributed by atoms with Crippen LogP contribution in [-0.4, -0.2) is 40.4 Å². The maximum atomic E-state index is 12.0. The number of amides is 2. The van der Waals surface area contributed by atoms with Gasteiger partial charge < -0.3 is 10.6 Å². The Hall–Kier alpha value is -2.97. The van der Waals surface area contributed by atoms with E-state index in [-0.39, 0.29) is 6.03 Å². The summed E-state index contributed by atoms with van der Waals surface area (Å²) in [6, 6.07) is 11.3. The van der Waals surface area contributed by atoms with Gasteiger partial charge in [-0.25, -0.2) is 4.79 Å². The Morgan fingerprint density at radius 3 is 2.77 bits per heavy atom. The minimum atomic E-state index is -0.199. The third kappa shape index (κ3) is 3.37. The van der Waals surface area contributed by atoms with Gasteiger partial charge in [-0.2, -0.15) is 5.10 Å². The van der Waals surface area contributed by atoms with Crippen LogP contribution >= 0.6 is 0 Å². The number of fused-ring (bicyclic) bond motifs is 1. The number of nitrogens with one attached hydrogen (secondary N) is 4. The molecule has 1 aliphatic heterocycles. The number of aromatic nitrogens is 3. The zero-order valence-electron chi connectivity index (χ0n) is 14.5. The molecule has 4 N–H and O–H groups in total. The highest BCUT2D eigenvalue weighted by Gasteiger charge is 2.15. The minimum absolute atomic E-state index is 0.199. The predicted octanol–water partition coefficient (Wildman–Crippen LogP) is 1.48. The van der Waals surface area contributed by atoms with Crippen molar-refractivity contribution < 1.29 is 4.79 Å². The molecule has 4 rings (SSSR count). The lowest BCUT2D eigenvalue weighted by atomic mass is 10.1. The van der Waals surface area contributed by atoms with Crippen LogP contribution in [0.15, 0.2) is 42.6 Å². The number of anilines is 1. The van der Waals surface area contributed by atoms with Crippen LogP contribution in [0.1, 0.15) is 0 Å². The highest BCUT2D eigenvalue weighted by molar-refractivity contribution is 5.92. The first kappa shape index (κ1) is 16.5. The van der Waals surface area contributed by atoms with E-state index in [9.17, 15) is 4.79 Å². The Morgan fingerprint density at radius 1 is 1.23 bits per heavy atom. The Balaban J connectivity index is 1.43. The number of nitrogens with zero attached hydrogens (tertiary/aromatic N) is 3. The summed E-state index contributed by atoms with van der Waals surface area (Å²) < 4.78 is 1.82. The second kappa shape index (κ2) is 7.11. The molecule has 134 valence electrons. The molecule has 1 aliphatic rings. The van der Waals surface area contributed by atoms with E-state index in [0.29, 0.717) is 12.5 Å². The molecule has 0 spiro atoms. The van der Waals surface area contributed by atoms with E-state index in [2.05, 4.69) is 31.6 Å². The molecule has 1 aromatic carbocycles. The molecule has 8 heteroatoms. The molecule has 0 saturated carbocycles. The van der Waals surface area contributed by atoms with Crippen LogP contribution in [-0.2, 0) is 7.05 Å². The number of hydrazine groups is 1. The second-order valence-electron chi connectivity index (χ2n) is 6.38. The van der Waals surface area contributed by atoms with Gasteiger partial charge in [0.1, 0.15) is 11.2 Å². The van der Waals surface area contributed by atoms with Crippen molar-refractivity contribution in [2.45, 2.75) is 0 Å². The van der Waals surface area contributed by atoms with E-state index in [4.69, 9.17) is 0 Å². The maximum Gasteiger partial charge on any atom is 0.319 e. The molecule has 8 nitrogen and oxygen atoms in total. The quantitative estimate of drug-likeness (QED) is 0.571. The highest BCUT2D eigenvalue weighted by atomic mass is 16.2. The van der Waals surface area contributed by atoms with Crippen LogP contribution < -0.4 is 21.5 Å². The Kier molecular flexibility index (Phi) is 4.51. The Morgan fingerprint density at radius 2 is 2.00 bits per heavy atom. The van der Waals surface area contributed by atoms with Crippen LogP contribution in [0.3, 0.4) is 0 Å². The number of carbonyl (C=O) groups is 1. The van der Waals surface area contributed by atoms with E-state index in [1.807, 2.05) is 48.1 Å². The summed E-state index contributed by atoms with van der Waals surface area (Å²) in [5, 5.41) is 10.3.